The fourth-order valence-corrected chi connectivity index (χ4v) is 0.385. The Morgan fingerprint density at radius 2 is 1.00 bits per heavy atom. The van der Waals surface area contributed by atoms with Crippen LogP contribution in [0.3, 0.4) is 0 Å². The second kappa shape index (κ2) is 7.75. The molecule has 0 aliphatic heterocycles. The molecule has 0 radical (unpaired) electrons. The minimum atomic E-state index is 1.12. The monoisotopic (exact) mass is 159 g/mol. The predicted octanol–water partition coefficient (Wildman–Crippen LogP) is 2.66. The number of benzene rings is 1. The summed E-state index contributed by atoms with van der Waals surface area (Å²) in [5.74, 6) is 0. The zero-order chi connectivity index (χ0) is 6.95. The van der Waals surface area contributed by atoms with Crippen LogP contribution in [0.5, 0.6) is 0 Å². The van der Waals surface area contributed by atoms with Gasteiger partial charge in [-0.15, -0.1) is 0 Å². The van der Waals surface area contributed by atoms with Crippen molar-refractivity contribution in [3.63, 3.8) is 0 Å². The molecule has 0 aromatic heterocycles. The Balaban J connectivity index is 0.000000187. The van der Waals surface area contributed by atoms with E-state index in [1.165, 1.54) is 0 Å². The maximum absolute atomic E-state index is 2.81. The van der Waals surface area contributed by atoms with Gasteiger partial charge in [-0.1, -0.05) is 36.4 Å². The minimum absolute atomic E-state index is 1.12. The fourth-order valence-electron chi connectivity index (χ4n) is 0.385. The van der Waals surface area contributed by atoms with E-state index in [1.54, 1.807) is 0 Å². The van der Waals surface area contributed by atoms with E-state index in [2.05, 4.69) is 23.2 Å². The minimum Gasteiger partial charge on any atom is -0.0623 e. The molecule has 0 heterocycles. The summed E-state index contributed by atoms with van der Waals surface area (Å²) in [5.41, 5.74) is 0. The van der Waals surface area contributed by atoms with Gasteiger partial charge in [-0.05, 0) is 0 Å². The maximum Gasteiger partial charge on any atom is -0.0623 e. The Morgan fingerprint density at radius 3 is 1.11 bits per heavy atom. The summed E-state index contributed by atoms with van der Waals surface area (Å²) in [4.78, 5) is 0. The van der Waals surface area contributed by atoms with Crippen molar-refractivity contribution in [2.24, 2.45) is 0 Å². The molecule has 9 heavy (non-hydrogen) atoms. The molecule has 0 atom stereocenters. The van der Waals surface area contributed by atoms with Gasteiger partial charge in [0.25, 0.3) is 0 Å². The molecule has 1 heteroatoms. The molecule has 0 N–H and O–H groups in total. The third kappa shape index (κ3) is 7.75. The molecule has 0 nitrogen and oxygen atoms in total. The van der Waals surface area contributed by atoms with E-state index < -0.39 is 0 Å². The van der Waals surface area contributed by atoms with Crippen LogP contribution in [0.2, 0.25) is 5.28 Å². The summed E-state index contributed by atoms with van der Waals surface area (Å²) < 4.78 is 0. The van der Waals surface area contributed by atoms with Gasteiger partial charge in [-0.2, -0.15) is 0 Å². The molecule has 0 fully saturated rings. The molecule has 0 unspecified atom stereocenters. The maximum atomic E-state index is 2.81. The first-order valence-corrected chi connectivity index (χ1v) is 3.90. The molecular weight excluding hydrogens is 148 g/mol. The van der Waals surface area contributed by atoms with Crippen molar-refractivity contribution in [1.82, 2.24) is 0 Å². The average Bonchev–Trinajstić information content (AvgIpc) is 1.93. The Morgan fingerprint density at radius 1 is 0.889 bits per heavy atom. The number of rotatable bonds is 0. The number of hydrogen-bond donors (Lipinski definition) is 0. The summed E-state index contributed by atoms with van der Waals surface area (Å²) >= 11 is 2.81. The first-order chi connectivity index (χ1) is 4.41. The molecule has 1 aromatic rings. The standard InChI is InChI=1S/C6H6.C2H5.Cr/c1-2-4-6-5-3-1;1-2;/h1-6H;1H2,2H3;. The Kier molecular flexibility index (Phi) is 7.54. The number of hydrogen-bond acceptors (Lipinski definition) is 0. The van der Waals surface area contributed by atoms with Gasteiger partial charge in [0.05, 0.1) is 0 Å². The van der Waals surface area contributed by atoms with Gasteiger partial charge in [-0.3, -0.25) is 0 Å². The molecule has 0 aliphatic carbocycles. The van der Waals surface area contributed by atoms with Crippen LogP contribution in [0.4, 0.5) is 0 Å². The van der Waals surface area contributed by atoms with E-state index in [-0.39, 0.29) is 0 Å². The molecular formula is C8H11Cr. The normalized spacial score (nSPS) is 7.22. The fraction of sp³-hybridized carbons (Fsp3) is 0.250. The van der Waals surface area contributed by atoms with Crippen molar-refractivity contribution >= 4 is 0 Å². The van der Waals surface area contributed by atoms with E-state index in [9.17, 15) is 0 Å². The first-order valence-electron chi connectivity index (χ1n) is 3.00. The van der Waals surface area contributed by atoms with Crippen LogP contribution < -0.4 is 0 Å². The molecule has 1 rings (SSSR count). The molecule has 0 saturated heterocycles. The predicted molar refractivity (Wildman–Crippen MR) is 36.9 cm³/mol. The van der Waals surface area contributed by atoms with Crippen LogP contribution in [0.25, 0.3) is 0 Å². The van der Waals surface area contributed by atoms with Gasteiger partial charge in [-0.25, -0.2) is 0 Å². The van der Waals surface area contributed by atoms with Crippen LogP contribution in [0, 0.1) is 0 Å². The topological polar surface area (TPSA) is 0 Å². The summed E-state index contributed by atoms with van der Waals surface area (Å²) in [7, 11) is 0. The van der Waals surface area contributed by atoms with Crippen LogP contribution in [-0.2, 0) is 16.3 Å². The van der Waals surface area contributed by atoms with Crippen LogP contribution in [0.15, 0.2) is 36.4 Å². The van der Waals surface area contributed by atoms with Crippen molar-refractivity contribution in [2.45, 2.75) is 12.2 Å². The molecule has 0 spiro atoms. The van der Waals surface area contributed by atoms with Crippen molar-refractivity contribution in [2.75, 3.05) is 0 Å². The zero-order valence-electron chi connectivity index (χ0n) is 5.58. The van der Waals surface area contributed by atoms with E-state index >= 15 is 0 Å². The van der Waals surface area contributed by atoms with E-state index in [0.29, 0.717) is 0 Å². The summed E-state index contributed by atoms with van der Waals surface area (Å²) in [6.45, 7) is 2.07. The molecule has 1 aromatic carbocycles. The smallest absolute Gasteiger partial charge is 0.0623 e. The van der Waals surface area contributed by atoms with Crippen molar-refractivity contribution in [1.29, 1.82) is 0 Å². The average molecular weight is 159 g/mol. The largest absolute Gasteiger partial charge is 0.0623 e. The van der Waals surface area contributed by atoms with Gasteiger partial charge >= 0.3 is 28.5 Å². The van der Waals surface area contributed by atoms with Gasteiger partial charge in [0.15, 0.2) is 0 Å². The SMILES string of the molecule is C[CH2][Cr].c1ccccc1. The van der Waals surface area contributed by atoms with Gasteiger partial charge in [0.1, 0.15) is 0 Å². The molecule has 49 valence electrons. The van der Waals surface area contributed by atoms with E-state index in [4.69, 9.17) is 0 Å². The van der Waals surface area contributed by atoms with E-state index in [0.717, 1.165) is 5.28 Å². The Hall–Kier alpha value is -0.248. The first kappa shape index (κ1) is 8.75. The van der Waals surface area contributed by atoms with Crippen LogP contribution in [-0.4, -0.2) is 0 Å². The van der Waals surface area contributed by atoms with E-state index in [1.807, 2.05) is 36.4 Å². The molecule has 0 bridgehead atoms. The van der Waals surface area contributed by atoms with Crippen molar-refractivity contribution in [3.8, 4) is 0 Å². The zero-order valence-corrected chi connectivity index (χ0v) is 6.85. The summed E-state index contributed by atoms with van der Waals surface area (Å²) in [6, 6.07) is 12.0. The van der Waals surface area contributed by atoms with Gasteiger partial charge in [0, 0.05) is 0 Å². The third-order valence-electron chi connectivity index (χ3n) is 0.667. The van der Waals surface area contributed by atoms with Gasteiger partial charge < -0.3 is 0 Å². The van der Waals surface area contributed by atoms with Crippen molar-refractivity contribution in [3.05, 3.63) is 36.4 Å². The second-order valence-corrected chi connectivity index (χ2v) is 2.34. The Bertz CT molecular complexity index is 87.4. The summed E-state index contributed by atoms with van der Waals surface area (Å²) in [5, 5.41) is 1.12. The summed E-state index contributed by atoms with van der Waals surface area (Å²) in [6.07, 6.45) is 0. The molecule has 0 aliphatic rings. The van der Waals surface area contributed by atoms with Gasteiger partial charge in [0.2, 0.25) is 0 Å². The Labute approximate surface area is 65.3 Å². The third-order valence-corrected chi connectivity index (χ3v) is 0.667. The second-order valence-electron chi connectivity index (χ2n) is 1.44. The quantitative estimate of drug-likeness (QED) is 0.546. The molecule has 0 amide bonds. The van der Waals surface area contributed by atoms with Crippen molar-refractivity contribution < 1.29 is 16.3 Å². The van der Waals surface area contributed by atoms with Crippen LogP contribution >= 0.6 is 0 Å². The molecule has 0 saturated carbocycles. The van der Waals surface area contributed by atoms with Crippen LogP contribution in [0.1, 0.15) is 6.92 Å².